The lowest BCUT2D eigenvalue weighted by Gasteiger charge is -2.07. The van der Waals surface area contributed by atoms with Gasteiger partial charge in [-0.3, -0.25) is 0 Å². The average molecular weight is 287 g/mol. The van der Waals surface area contributed by atoms with Gasteiger partial charge in [0.25, 0.3) is 0 Å². The number of halogens is 1. The Balaban J connectivity index is 0. The fraction of sp³-hybridized carbons (Fsp3) is 0.357. The Bertz CT molecular complexity index is 367. The summed E-state index contributed by atoms with van der Waals surface area (Å²) in [6, 6.07) is 9.99. The predicted octanol–water partition coefficient (Wildman–Crippen LogP) is 2.15. The van der Waals surface area contributed by atoms with Crippen molar-refractivity contribution in [3.8, 4) is 0 Å². The van der Waals surface area contributed by atoms with Crippen molar-refractivity contribution in [1.82, 2.24) is 4.90 Å². The molecule has 1 rings (SSSR count). The van der Waals surface area contributed by atoms with E-state index in [9.17, 15) is 4.79 Å². The zero-order valence-corrected chi connectivity index (χ0v) is 12.3. The maximum absolute atomic E-state index is 10.2. The summed E-state index contributed by atoms with van der Waals surface area (Å²) in [5, 5.41) is 8.38. The number of rotatable bonds is 5. The molecule has 0 spiro atoms. The van der Waals surface area contributed by atoms with Gasteiger partial charge >= 0.3 is 5.97 Å². The molecule has 0 unspecified atom stereocenters. The number of hydrogen-bond donors (Lipinski definition) is 2. The van der Waals surface area contributed by atoms with Crippen molar-refractivity contribution >= 4 is 18.4 Å². The molecule has 1 aromatic carbocycles. The molecule has 19 heavy (non-hydrogen) atoms. The Morgan fingerprint density at radius 2 is 1.84 bits per heavy atom. The smallest absolute Gasteiger partial charge is 0.331 e. The Labute approximate surface area is 121 Å². The third kappa shape index (κ3) is 11.5. The molecule has 0 aromatic heterocycles. The third-order valence-corrected chi connectivity index (χ3v) is 2.24. The van der Waals surface area contributed by atoms with Gasteiger partial charge in [0.15, 0.2) is 0 Å². The molecule has 3 N–H and O–H groups in total. The number of carbonyl (C=O) groups is 1. The topological polar surface area (TPSA) is 66.6 Å². The second-order valence-corrected chi connectivity index (χ2v) is 4.15. The van der Waals surface area contributed by atoms with Crippen LogP contribution in [0.4, 0.5) is 0 Å². The molecular weight excluding hydrogens is 264 g/mol. The predicted molar refractivity (Wildman–Crippen MR) is 81.5 cm³/mol. The average Bonchev–Trinajstić information content (AvgIpc) is 2.37. The van der Waals surface area contributed by atoms with E-state index < -0.39 is 5.97 Å². The highest BCUT2D eigenvalue weighted by Crippen LogP contribution is 1.97. The van der Waals surface area contributed by atoms with Crippen LogP contribution in [0.2, 0.25) is 0 Å². The van der Waals surface area contributed by atoms with Gasteiger partial charge in [-0.15, -0.1) is 12.4 Å². The minimum Gasteiger partial charge on any atom is -0.478 e. The van der Waals surface area contributed by atoms with E-state index in [1.165, 1.54) is 5.56 Å². The third-order valence-electron chi connectivity index (χ3n) is 2.24. The van der Waals surface area contributed by atoms with Crippen LogP contribution >= 0.6 is 12.4 Å². The molecule has 4 nitrogen and oxygen atoms in total. The molecule has 0 radical (unpaired) electrons. The van der Waals surface area contributed by atoms with Gasteiger partial charge in [-0.2, -0.15) is 0 Å². The monoisotopic (exact) mass is 286 g/mol. The second-order valence-electron chi connectivity index (χ2n) is 4.15. The van der Waals surface area contributed by atoms with Gasteiger partial charge in [0.2, 0.25) is 0 Å². The Kier molecular flexibility index (Phi) is 12.3. The fourth-order valence-electron chi connectivity index (χ4n) is 1.08. The molecule has 108 valence electrons. The van der Waals surface area contributed by atoms with Gasteiger partial charge in [0.1, 0.15) is 0 Å². The second kappa shape index (κ2) is 11.7. The first-order valence-corrected chi connectivity index (χ1v) is 5.77. The highest BCUT2D eigenvalue weighted by Gasteiger charge is 2.02. The first-order valence-electron chi connectivity index (χ1n) is 5.77. The van der Waals surface area contributed by atoms with Crippen LogP contribution in [0.15, 0.2) is 42.5 Å². The van der Waals surface area contributed by atoms with E-state index in [1.807, 2.05) is 49.3 Å². The highest BCUT2D eigenvalue weighted by molar-refractivity contribution is 5.85. The lowest BCUT2D eigenvalue weighted by molar-refractivity contribution is -0.132. The molecule has 0 bridgehead atoms. The maximum Gasteiger partial charge on any atom is 0.331 e. The molecular formula is C14H23ClN2O2. The molecule has 0 atom stereocenters. The molecule has 0 heterocycles. The minimum atomic E-state index is -0.901. The van der Waals surface area contributed by atoms with E-state index in [4.69, 9.17) is 10.8 Å². The number of nitrogens with zero attached hydrogens (tertiary/aromatic N) is 1. The minimum absolute atomic E-state index is 0. The van der Waals surface area contributed by atoms with Crippen molar-refractivity contribution in [3.63, 3.8) is 0 Å². The summed E-state index contributed by atoms with van der Waals surface area (Å²) in [5.74, 6) is -0.901. The summed E-state index contributed by atoms with van der Waals surface area (Å²) in [6.45, 7) is 4.78. The Hall–Kier alpha value is -1.36. The number of nitrogens with two attached hydrogens (primary N) is 1. The molecule has 1 aromatic rings. The first-order chi connectivity index (χ1) is 8.47. The quantitative estimate of drug-likeness (QED) is 0.814. The maximum atomic E-state index is 10.2. The van der Waals surface area contributed by atoms with Crippen molar-refractivity contribution < 1.29 is 9.90 Å². The number of carboxylic acid groups (broad SMARTS) is 1. The largest absolute Gasteiger partial charge is 0.478 e. The molecule has 0 amide bonds. The van der Waals surface area contributed by atoms with Crippen molar-refractivity contribution in [2.45, 2.75) is 13.0 Å². The highest BCUT2D eigenvalue weighted by atomic mass is 35.5. The zero-order valence-electron chi connectivity index (χ0n) is 11.5. The van der Waals surface area contributed by atoms with Crippen molar-refractivity contribution in [3.05, 3.63) is 48.0 Å². The summed E-state index contributed by atoms with van der Waals surface area (Å²) in [7, 11) is 3.80. The van der Waals surface area contributed by atoms with Crippen LogP contribution in [-0.4, -0.2) is 36.6 Å². The van der Waals surface area contributed by atoms with Gasteiger partial charge in [-0.05, 0) is 26.1 Å². The summed E-state index contributed by atoms with van der Waals surface area (Å²) in [6.07, 6.45) is 0.530. The van der Waals surface area contributed by atoms with E-state index in [0.717, 1.165) is 6.54 Å². The number of carboxylic acids is 1. The number of benzene rings is 1. The van der Waals surface area contributed by atoms with E-state index in [-0.39, 0.29) is 18.0 Å². The molecule has 0 saturated carbocycles. The molecule has 0 fully saturated rings. The molecule has 0 aliphatic carbocycles. The summed E-state index contributed by atoms with van der Waals surface area (Å²) in [5.41, 5.74) is 6.81. The van der Waals surface area contributed by atoms with E-state index in [2.05, 4.69) is 6.58 Å². The first kappa shape index (κ1) is 20.0. The SMILES string of the molecule is C=C(CCN(C)C)C(=O)O.Cl.NCc1ccccc1. The number of aliphatic carboxylic acids is 1. The van der Waals surface area contributed by atoms with Crippen molar-refractivity contribution in [1.29, 1.82) is 0 Å². The summed E-state index contributed by atoms with van der Waals surface area (Å²) < 4.78 is 0. The standard InChI is InChI=1S/C7H13NO2.C7H9N.ClH/c1-6(7(9)10)4-5-8(2)3;8-6-7-4-2-1-3-5-7;/h1,4-5H2,2-3H3,(H,9,10);1-5H,6,8H2;1H. The Morgan fingerprint density at radius 1 is 1.32 bits per heavy atom. The zero-order chi connectivity index (χ0) is 14.0. The van der Waals surface area contributed by atoms with Crippen LogP contribution in [0.1, 0.15) is 12.0 Å². The van der Waals surface area contributed by atoms with E-state index >= 15 is 0 Å². The van der Waals surface area contributed by atoms with Crippen LogP contribution in [0.5, 0.6) is 0 Å². The van der Waals surface area contributed by atoms with E-state index in [1.54, 1.807) is 0 Å². The van der Waals surface area contributed by atoms with Gasteiger partial charge in [-0.25, -0.2) is 4.79 Å². The summed E-state index contributed by atoms with van der Waals surface area (Å²) >= 11 is 0. The van der Waals surface area contributed by atoms with Crippen LogP contribution in [0.3, 0.4) is 0 Å². The number of hydrogen-bond acceptors (Lipinski definition) is 3. The van der Waals surface area contributed by atoms with E-state index in [0.29, 0.717) is 13.0 Å². The van der Waals surface area contributed by atoms with Crippen LogP contribution in [0, 0.1) is 0 Å². The van der Waals surface area contributed by atoms with Crippen LogP contribution in [0.25, 0.3) is 0 Å². The lowest BCUT2D eigenvalue weighted by atomic mass is 10.2. The molecule has 0 saturated heterocycles. The Morgan fingerprint density at radius 3 is 2.16 bits per heavy atom. The van der Waals surface area contributed by atoms with Gasteiger partial charge < -0.3 is 15.7 Å². The van der Waals surface area contributed by atoms with Gasteiger partial charge in [0, 0.05) is 18.7 Å². The lowest BCUT2D eigenvalue weighted by Crippen LogP contribution is -2.15. The molecule has 0 aliphatic rings. The normalized spacial score (nSPS) is 9.05. The van der Waals surface area contributed by atoms with Crippen molar-refractivity contribution in [2.24, 2.45) is 5.73 Å². The van der Waals surface area contributed by atoms with Crippen molar-refractivity contribution in [2.75, 3.05) is 20.6 Å². The van der Waals surface area contributed by atoms with Gasteiger partial charge in [0.05, 0.1) is 0 Å². The fourth-order valence-corrected chi connectivity index (χ4v) is 1.08. The summed E-state index contributed by atoms with van der Waals surface area (Å²) in [4.78, 5) is 12.1. The molecule has 0 aliphatic heterocycles. The van der Waals surface area contributed by atoms with Gasteiger partial charge in [-0.1, -0.05) is 36.9 Å². The molecule has 5 heteroatoms. The van der Waals surface area contributed by atoms with Crippen LogP contribution in [-0.2, 0) is 11.3 Å². The van der Waals surface area contributed by atoms with Crippen LogP contribution < -0.4 is 5.73 Å².